The van der Waals surface area contributed by atoms with Crippen LogP contribution in [0.15, 0.2) is 0 Å². The molecule has 0 spiro atoms. The summed E-state index contributed by atoms with van der Waals surface area (Å²) in [5.74, 6) is 0.0774. The molecule has 1 heterocycles. The molecule has 1 saturated carbocycles. The number of carbonyl (C=O) groups excluding carboxylic acids is 1. The van der Waals surface area contributed by atoms with E-state index in [0.29, 0.717) is 0 Å². The summed E-state index contributed by atoms with van der Waals surface area (Å²) < 4.78 is 0. The van der Waals surface area contributed by atoms with E-state index in [0.717, 1.165) is 44.7 Å². The highest BCUT2D eigenvalue weighted by Crippen LogP contribution is 2.25. The summed E-state index contributed by atoms with van der Waals surface area (Å²) in [6.07, 6.45) is 11.4. The lowest BCUT2D eigenvalue weighted by atomic mass is 9.82. The molecule has 0 radical (unpaired) electrons. The maximum Gasteiger partial charge on any atom is 0.240 e. The maximum atomic E-state index is 12.2. The third kappa shape index (κ3) is 4.96. The van der Waals surface area contributed by atoms with Gasteiger partial charge in [0.25, 0.3) is 0 Å². The predicted molar refractivity (Wildman–Crippen MR) is 87.1 cm³/mol. The van der Waals surface area contributed by atoms with Crippen LogP contribution in [0, 0.1) is 0 Å². The molecular formula is C17H33N3O. The van der Waals surface area contributed by atoms with Crippen LogP contribution in [0.1, 0.15) is 71.1 Å². The van der Waals surface area contributed by atoms with Gasteiger partial charge >= 0.3 is 0 Å². The number of amides is 1. The monoisotopic (exact) mass is 295 g/mol. The first-order chi connectivity index (χ1) is 10.1. The van der Waals surface area contributed by atoms with E-state index in [4.69, 9.17) is 5.73 Å². The van der Waals surface area contributed by atoms with Crippen molar-refractivity contribution in [1.82, 2.24) is 10.2 Å². The SMILES string of the molecule is CC1CCCCN1CCCCNC(=O)C1(N)CCCCC1. The van der Waals surface area contributed by atoms with Gasteiger partial charge in [-0.25, -0.2) is 0 Å². The van der Waals surface area contributed by atoms with E-state index in [2.05, 4.69) is 17.1 Å². The van der Waals surface area contributed by atoms with E-state index >= 15 is 0 Å². The van der Waals surface area contributed by atoms with Gasteiger partial charge in [-0.1, -0.05) is 25.7 Å². The summed E-state index contributed by atoms with van der Waals surface area (Å²) in [5.41, 5.74) is 5.65. The minimum atomic E-state index is -0.584. The Morgan fingerprint density at radius 3 is 2.67 bits per heavy atom. The number of likely N-dealkylation sites (tertiary alicyclic amines) is 1. The third-order valence-electron chi connectivity index (χ3n) is 5.30. The molecule has 2 rings (SSSR count). The Kier molecular flexibility index (Phi) is 6.49. The second-order valence-corrected chi connectivity index (χ2v) is 7.06. The van der Waals surface area contributed by atoms with E-state index in [1.165, 1.54) is 45.2 Å². The minimum Gasteiger partial charge on any atom is -0.355 e. The van der Waals surface area contributed by atoms with Crippen molar-refractivity contribution in [2.75, 3.05) is 19.6 Å². The molecule has 0 aromatic heterocycles. The molecule has 4 nitrogen and oxygen atoms in total. The average molecular weight is 295 g/mol. The molecule has 0 aromatic rings. The number of carbonyl (C=O) groups is 1. The summed E-state index contributed by atoms with van der Waals surface area (Å²) >= 11 is 0. The van der Waals surface area contributed by atoms with Gasteiger partial charge in [-0.3, -0.25) is 4.79 Å². The first kappa shape index (κ1) is 16.8. The number of rotatable bonds is 6. The number of nitrogens with one attached hydrogen (secondary N) is 1. The molecule has 21 heavy (non-hydrogen) atoms. The molecule has 2 aliphatic rings. The molecule has 3 N–H and O–H groups in total. The lowest BCUT2D eigenvalue weighted by molar-refractivity contribution is -0.127. The van der Waals surface area contributed by atoms with Crippen LogP contribution in [0.25, 0.3) is 0 Å². The smallest absolute Gasteiger partial charge is 0.240 e. The molecule has 1 unspecified atom stereocenters. The number of piperidine rings is 1. The van der Waals surface area contributed by atoms with Crippen molar-refractivity contribution in [3.8, 4) is 0 Å². The van der Waals surface area contributed by atoms with Crippen molar-refractivity contribution >= 4 is 5.91 Å². The summed E-state index contributed by atoms with van der Waals surface area (Å²) in [5, 5.41) is 3.06. The van der Waals surface area contributed by atoms with Crippen molar-refractivity contribution in [2.24, 2.45) is 5.73 Å². The third-order valence-corrected chi connectivity index (χ3v) is 5.30. The van der Waals surface area contributed by atoms with E-state index in [9.17, 15) is 4.79 Å². The molecule has 4 heteroatoms. The number of unbranched alkanes of at least 4 members (excludes halogenated alkanes) is 1. The van der Waals surface area contributed by atoms with E-state index in [-0.39, 0.29) is 5.91 Å². The van der Waals surface area contributed by atoms with Crippen molar-refractivity contribution in [1.29, 1.82) is 0 Å². The van der Waals surface area contributed by atoms with Gasteiger partial charge in [0.1, 0.15) is 0 Å². The zero-order valence-electron chi connectivity index (χ0n) is 13.7. The largest absolute Gasteiger partial charge is 0.355 e. The van der Waals surface area contributed by atoms with Crippen LogP contribution in [0.5, 0.6) is 0 Å². The summed E-state index contributed by atoms with van der Waals surface area (Å²) in [6.45, 7) is 5.53. The van der Waals surface area contributed by atoms with E-state index < -0.39 is 5.54 Å². The highest BCUT2D eigenvalue weighted by Gasteiger charge is 2.34. The van der Waals surface area contributed by atoms with Crippen LogP contribution in [-0.4, -0.2) is 42.0 Å². The van der Waals surface area contributed by atoms with E-state index in [1.807, 2.05) is 0 Å². The second-order valence-electron chi connectivity index (χ2n) is 7.06. The number of nitrogens with zero attached hydrogens (tertiary/aromatic N) is 1. The Balaban J connectivity index is 1.57. The Labute approximate surface area is 129 Å². The van der Waals surface area contributed by atoms with Crippen LogP contribution in [-0.2, 0) is 4.79 Å². The van der Waals surface area contributed by atoms with Gasteiger partial charge in [0.05, 0.1) is 5.54 Å². The molecule has 1 aliphatic carbocycles. The average Bonchev–Trinajstić information content (AvgIpc) is 2.49. The first-order valence-corrected chi connectivity index (χ1v) is 8.93. The summed E-state index contributed by atoms with van der Waals surface area (Å²) in [6, 6.07) is 0.739. The van der Waals surface area contributed by atoms with Crippen LogP contribution in [0.2, 0.25) is 0 Å². The number of nitrogens with two attached hydrogens (primary N) is 1. The molecule has 122 valence electrons. The van der Waals surface area contributed by atoms with Crippen LogP contribution >= 0.6 is 0 Å². The summed E-state index contributed by atoms with van der Waals surface area (Å²) in [7, 11) is 0. The normalized spacial score (nSPS) is 26.5. The quantitative estimate of drug-likeness (QED) is 0.740. The highest BCUT2D eigenvalue weighted by molar-refractivity contribution is 5.86. The van der Waals surface area contributed by atoms with Crippen LogP contribution in [0.4, 0.5) is 0 Å². The van der Waals surface area contributed by atoms with Crippen molar-refractivity contribution in [2.45, 2.75) is 82.7 Å². The zero-order valence-corrected chi connectivity index (χ0v) is 13.7. The van der Waals surface area contributed by atoms with Crippen molar-refractivity contribution in [3.05, 3.63) is 0 Å². The van der Waals surface area contributed by atoms with Crippen LogP contribution < -0.4 is 11.1 Å². The number of hydrogen-bond donors (Lipinski definition) is 2. The highest BCUT2D eigenvalue weighted by atomic mass is 16.2. The van der Waals surface area contributed by atoms with Gasteiger partial charge in [-0.05, 0) is 58.5 Å². The molecule has 0 bridgehead atoms. The van der Waals surface area contributed by atoms with Gasteiger partial charge in [-0.2, -0.15) is 0 Å². The standard InChI is InChI=1S/C17H33N3O/c1-15-9-3-7-13-20(15)14-8-6-12-19-16(21)17(18)10-4-2-5-11-17/h15H,2-14,18H2,1H3,(H,19,21). The Hall–Kier alpha value is -0.610. The molecule has 0 aromatic carbocycles. The van der Waals surface area contributed by atoms with Gasteiger partial charge in [0.2, 0.25) is 5.91 Å². The number of hydrogen-bond acceptors (Lipinski definition) is 3. The topological polar surface area (TPSA) is 58.4 Å². The lowest BCUT2D eigenvalue weighted by Gasteiger charge is -2.33. The second kappa shape index (κ2) is 8.14. The Morgan fingerprint density at radius 1 is 1.19 bits per heavy atom. The fourth-order valence-electron chi connectivity index (χ4n) is 3.72. The fourth-order valence-corrected chi connectivity index (χ4v) is 3.72. The molecule has 1 amide bonds. The molecule has 2 fully saturated rings. The van der Waals surface area contributed by atoms with Gasteiger partial charge < -0.3 is 16.0 Å². The maximum absolute atomic E-state index is 12.2. The van der Waals surface area contributed by atoms with E-state index in [1.54, 1.807) is 0 Å². The van der Waals surface area contributed by atoms with Gasteiger partial charge in [0.15, 0.2) is 0 Å². The van der Waals surface area contributed by atoms with Gasteiger partial charge in [-0.15, -0.1) is 0 Å². The van der Waals surface area contributed by atoms with Crippen molar-refractivity contribution in [3.63, 3.8) is 0 Å². The first-order valence-electron chi connectivity index (χ1n) is 8.93. The Bertz CT molecular complexity index is 326. The molecular weight excluding hydrogens is 262 g/mol. The van der Waals surface area contributed by atoms with Crippen LogP contribution in [0.3, 0.4) is 0 Å². The zero-order chi connectivity index (χ0) is 15.1. The molecule has 1 atom stereocenters. The predicted octanol–water partition coefficient (Wildman–Crippen LogP) is 2.42. The molecule has 1 saturated heterocycles. The fraction of sp³-hybridized carbons (Fsp3) is 0.941. The van der Waals surface area contributed by atoms with Gasteiger partial charge in [0, 0.05) is 12.6 Å². The Morgan fingerprint density at radius 2 is 1.95 bits per heavy atom. The summed E-state index contributed by atoms with van der Waals surface area (Å²) in [4.78, 5) is 14.8. The lowest BCUT2D eigenvalue weighted by Crippen LogP contribution is -2.55. The van der Waals surface area contributed by atoms with Crippen molar-refractivity contribution < 1.29 is 4.79 Å². The molecule has 1 aliphatic heterocycles. The minimum absolute atomic E-state index is 0.0774.